The lowest BCUT2D eigenvalue weighted by Crippen LogP contribution is -2.32. The van der Waals surface area contributed by atoms with E-state index in [9.17, 15) is 4.79 Å². The Labute approximate surface area is 192 Å². The van der Waals surface area contributed by atoms with Gasteiger partial charge in [-0.3, -0.25) is 4.79 Å². The molecule has 3 N–H and O–H groups in total. The molecule has 2 aromatic carbocycles. The summed E-state index contributed by atoms with van der Waals surface area (Å²) >= 11 is 0. The largest absolute Gasteiger partial charge is 0.399 e. The van der Waals surface area contributed by atoms with Gasteiger partial charge in [0, 0.05) is 41.9 Å². The number of benzene rings is 2. The zero-order valence-corrected chi connectivity index (χ0v) is 18.7. The van der Waals surface area contributed by atoms with Gasteiger partial charge in [-0.25, -0.2) is 4.68 Å². The minimum absolute atomic E-state index is 0.0152. The predicted octanol–water partition coefficient (Wildman–Crippen LogP) is 4.25. The Morgan fingerprint density at radius 3 is 2.55 bits per heavy atom. The number of anilines is 1. The fourth-order valence-electron chi connectivity index (χ4n) is 4.17. The van der Waals surface area contributed by atoms with Crippen LogP contribution >= 0.6 is 0 Å². The first-order valence-corrected chi connectivity index (χ1v) is 11.1. The molecule has 3 heterocycles. The van der Waals surface area contributed by atoms with E-state index in [0.717, 1.165) is 33.8 Å². The number of aromatic nitrogens is 3. The molecule has 0 saturated carbocycles. The molecule has 1 saturated heterocycles. The van der Waals surface area contributed by atoms with E-state index in [1.807, 2.05) is 70.6 Å². The Balaban J connectivity index is 1.50. The van der Waals surface area contributed by atoms with Gasteiger partial charge in [-0.2, -0.15) is 5.10 Å². The van der Waals surface area contributed by atoms with Crippen LogP contribution in [0.1, 0.15) is 29.8 Å². The zero-order chi connectivity index (χ0) is 22.9. The van der Waals surface area contributed by atoms with Gasteiger partial charge in [-0.05, 0) is 56.2 Å². The van der Waals surface area contributed by atoms with Crippen molar-refractivity contribution in [1.29, 1.82) is 0 Å². The number of carbonyl (C=O) groups is 1. The van der Waals surface area contributed by atoms with Gasteiger partial charge in [-0.15, -0.1) is 0 Å². The number of hydrogen-bond acceptors (Lipinski definition) is 4. The lowest BCUT2D eigenvalue weighted by Gasteiger charge is -2.23. The first-order valence-electron chi connectivity index (χ1n) is 11.1. The maximum absolute atomic E-state index is 13.0. The van der Waals surface area contributed by atoms with Crippen molar-refractivity contribution in [2.45, 2.75) is 32.6 Å². The second kappa shape index (κ2) is 8.60. The third kappa shape index (κ3) is 4.15. The third-order valence-corrected chi connectivity index (χ3v) is 6.05. The van der Waals surface area contributed by atoms with Crippen LogP contribution in [0.4, 0.5) is 5.69 Å². The molecule has 7 nitrogen and oxygen atoms in total. The number of hydrogen-bond donors (Lipinski definition) is 2. The number of amides is 1. The van der Waals surface area contributed by atoms with Crippen LogP contribution in [0.15, 0.2) is 73.2 Å². The maximum atomic E-state index is 13.0. The second-order valence-electron chi connectivity index (χ2n) is 8.47. The summed E-state index contributed by atoms with van der Waals surface area (Å²) in [6.45, 7) is 4.40. The highest BCUT2D eigenvalue weighted by molar-refractivity contribution is 5.83. The molecule has 0 aliphatic carbocycles. The Hall–Kier alpha value is -3.84. The van der Waals surface area contributed by atoms with E-state index in [1.54, 1.807) is 6.92 Å². The second-order valence-corrected chi connectivity index (χ2v) is 8.47. The van der Waals surface area contributed by atoms with E-state index in [2.05, 4.69) is 24.0 Å². The molecule has 1 aliphatic rings. The fourth-order valence-corrected chi connectivity index (χ4v) is 4.17. The monoisotopic (exact) mass is 441 g/mol. The normalized spacial score (nSPS) is 18.2. The van der Waals surface area contributed by atoms with Gasteiger partial charge in [0.1, 0.15) is 11.8 Å². The van der Waals surface area contributed by atoms with E-state index in [0.29, 0.717) is 13.0 Å². The molecular formula is C26H27N5O2. The highest BCUT2D eigenvalue weighted by Crippen LogP contribution is 2.37. The Morgan fingerprint density at radius 2 is 1.85 bits per heavy atom. The molecule has 5 rings (SSSR count). The summed E-state index contributed by atoms with van der Waals surface area (Å²) in [5.74, 6) is -0.0152. The van der Waals surface area contributed by atoms with Crippen LogP contribution in [0.25, 0.3) is 16.9 Å². The standard InChI is InChI=1S/C26H27N5O2/c1-17-3-9-22(10-4-17)31-16-23(24(29-31)20-11-13-28-15-20)26-30(25(32)18(2)33-26)14-12-19-5-7-21(27)8-6-19/h3-11,13,15-16,18,26,28H,12,14,27H2,1-2H3/t18-,26-/m0/s1. The van der Waals surface area contributed by atoms with Crippen molar-refractivity contribution in [1.82, 2.24) is 19.7 Å². The van der Waals surface area contributed by atoms with Crippen molar-refractivity contribution in [2.24, 2.45) is 0 Å². The highest BCUT2D eigenvalue weighted by Gasteiger charge is 2.40. The molecule has 0 spiro atoms. The number of aromatic amines is 1. The number of nitrogen functional groups attached to an aromatic ring is 1. The Morgan fingerprint density at radius 1 is 1.09 bits per heavy atom. The molecule has 0 radical (unpaired) electrons. The molecule has 1 amide bonds. The number of nitrogens with two attached hydrogens (primary N) is 1. The van der Waals surface area contributed by atoms with Gasteiger partial charge in [0.2, 0.25) is 0 Å². The fraction of sp³-hybridized carbons (Fsp3) is 0.231. The van der Waals surface area contributed by atoms with Crippen molar-refractivity contribution in [3.63, 3.8) is 0 Å². The number of nitrogens with zero attached hydrogens (tertiary/aromatic N) is 3. The Kier molecular flexibility index (Phi) is 5.48. The first-order chi connectivity index (χ1) is 16.0. The summed E-state index contributed by atoms with van der Waals surface area (Å²) in [5.41, 5.74) is 12.4. The van der Waals surface area contributed by atoms with Crippen LogP contribution in [0.5, 0.6) is 0 Å². The molecule has 2 atom stereocenters. The minimum Gasteiger partial charge on any atom is -0.399 e. The molecular weight excluding hydrogens is 414 g/mol. The van der Waals surface area contributed by atoms with E-state index in [-0.39, 0.29) is 5.91 Å². The zero-order valence-electron chi connectivity index (χ0n) is 18.7. The quantitative estimate of drug-likeness (QED) is 0.438. The van der Waals surface area contributed by atoms with Gasteiger partial charge in [0.05, 0.1) is 5.69 Å². The summed E-state index contributed by atoms with van der Waals surface area (Å²) < 4.78 is 8.03. The summed E-state index contributed by atoms with van der Waals surface area (Å²) in [7, 11) is 0. The summed E-state index contributed by atoms with van der Waals surface area (Å²) in [6.07, 6.45) is 5.44. The van der Waals surface area contributed by atoms with Crippen LogP contribution in [0.2, 0.25) is 0 Å². The van der Waals surface area contributed by atoms with Crippen LogP contribution in [0, 0.1) is 6.92 Å². The van der Waals surface area contributed by atoms with Crippen LogP contribution in [0.3, 0.4) is 0 Å². The number of carbonyl (C=O) groups excluding carboxylic acids is 1. The summed E-state index contributed by atoms with van der Waals surface area (Å²) in [4.78, 5) is 17.9. The summed E-state index contributed by atoms with van der Waals surface area (Å²) in [6, 6.07) is 17.9. The molecule has 1 aliphatic heterocycles. The molecule has 0 unspecified atom stereocenters. The van der Waals surface area contributed by atoms with E-state index in [1.165, 1.54) is 5.56 Å². The van der Waals surface area contributed by atoms with Crippen molar-refractivity contribution in [3.05, 3.63) is 89.9 Å². The van der Waals surface area contributed by atoms with Crippen molar-refractivity contribution in [3.8, 4) is 16.9 Å². The number of H-pyrrole nitrogens is 1. The lowest BCUT2D eigenvalue weighted by molar-refractivity contribution is -0.130. The van der Waals surface area contributed by atoms with Crippen LogP contribution < -0.4 is 5.73 Å². The number of rotatable bonds is 6. The molecule has 33 heavy (non-hydrogen) atoms. The van der Waals surface area contributed by atoms with Gasteiger partial charge < -0.3 is 20.4 Å². The highest BCUT2D eigenvalue weighted by atomic mass is 16.5. The van der Waals surface area contributed by atoms with Crippen molar-refractivity contribution < 1.29 is 9.53 Å². The van der Waals surface area contributed by atoms with E-state index >= 15 is 0 Å². The topological polar surface area (TPSA) is 89.2 Å². The van der Waals surface area contributed by atoms with Gasteiger partial charge >= 0.3 is 0 Å². The van der Waals surface area contributed by atoms with Gasteiger partial charge in [0.25, 0.3) is 5.91 Å². The SMILES string of the molecule is Cc1ccc(-n2cc([C@@H]3O[C@@H](C)C(=O)N3CCc3ccc(N)cc3)c(-c3cc[nH]c3)n2)cc1. The molecule has 2 aromatic heterocycles. The Bertz CT molecular complexity index is 1240. The number of ether oxygens (including phenoxy) is 1. The van der Waals surface area contributed by atoms with E-state index < -0.39 is 12.3 Å². The van der Waals surface area contributed by atoms with Crippen LogP contribution in [-0.2, 0) is 16.0 Å². The maximum Gasteiger partial charge on any atom is 0.253 e. The average Bonchev–Trinajstić information content (AvgIpc) is 3.54. The third-order valence-electron chi connectivity index (χ3n) is 6.05. The van der Waals surface area contributed by atoms with Crippen molar-refractivity contribution >= 4 is 11.6 Å². The van der Waals surface area contributed by atoms with Crippen LogP contribution in [-0.4, -0.2) is 38.2 Å². The number of aryl methyl sites for hydroxylation is 1. The van der Waals surface area contributed by atoms with Gasteiger partial charge in [0.15, 0.2) is 6.23 Å². The smallest absolute Gasteiger partial charge is 0.253 e. The summed E-state index contributed by atoms with van der Waals surface area (Å²) in [5, 5.41) is 4.87. The molecule has 7 heteroatoms. The molecule has 168 valence electrons. The van der Waals surface area contributed by atoms with Crippen molar-refractivity contribution in [2.75, 3.05) is 12.3 Å². The predicted molar refractivity (Wildman–Crippen MR) is 128 cm³/mol. The minimum atomic E-state index is -0.511. The number of nitrogens with one attached hydrogen (secondary N) is 1. The first kappa shape index (κ1) is 21.0. The molecule has 4 aromatic rings. The lowest BCUT2D eigenvalue weighted by atomic mass is 10.1. The average molecular weight is 442 g/mol. The van der Waals surface area contributed by atoms with Gasteiger partial charge in [-0.1, -0.05) is 29.8 Å². The molecule has 1 fully saturated rings. The van der Waals surface area contributed by atoms with E-state index in [4.69, 9.17) is 15.6 Å². The molecule has 0 bridgehead atoms.